The van der Waals surface area contributed by atoms with E-state index in [9.17, 15) is 0 Å². The third kappa shape index (κ3) is 6.07. The fourth-order valence-corrected chi connectivity index (χ4v) is 4.90. The van der Waals surface area contributed by atoms with Crippen molar-refractivity contribution in [3.63, 3.8) is 0 Å². The van der Waals surface area contributed by atoms with Crippen molar-refractivity contribution >= 4 is 23.5 Å². The number of rotatable bonds is 7. The molecule has 0 bridgehead atoms. The smallest absolute Gasteiger partial charge is 0.0195 e. The predicted molar refractivity (Wildman–Crippen MR) is 122 cm³/mol. The van der Waals surface area contributed by atoms with E-state index in [-0.39, 0.29) is 20.1 Å². The molecule has 0 spiro atoms. The molecule has 1 N–H and O–H groups in total. The zero-order valence-electron chi connectivity index (χ0n) is 16.5. The second-order valence-electron chi connectivity index (χ2n) is 6.48. The average Bonchev–Trinajstić information content (AvgIpc) is 2.76. The van der Waals surface area contributed by atoms with E-state index < -0.39 is 0 Å². The fraction of sp³-hybridized carbons (Fsp3) is 0.0800. The Labute approximate surface area is 200 Å². The minimum atomic E-state index is 0. The molecule has 0 aliphatic heterocycles. The van der Waals surface area contributed by atoms with Crippen molar-refractivity contribution in [1.82, 2.24) is 10.3 Å². The molecule has 5 heteroatoms. The molecule has 0 amide bonds. The standard InChI is InChI=1S/C25H21N2S2.Ir/c1-26-18-19-14-15-27-24(16-19)23-13-12-22(28-20-8-4-2-5-9-20)17-25(23)29-21-10-6-3-7-11-21;/h2-12,14-17,26H,18H2,1H3;/q-1;. The minimum absolute atomic E-state index is 0. The number of nitrogens with one attached hydrogen (secondary N) is 1. The van der Waals surface area contributed by atoms with Crippen molar-refractivity contribution in [1.29, 1.82) is 0 Å². The van der Waals surface area contributed by atoms with Crippen molar-refractivity contribution in [2.75, 3.05) is 7.05 Å². The zero-order valence-corrected chi connectivity index (χ0v) is 20.5. The van der Waals surface area contributed by atoms with Crippen LogP contribution in [-0.4, -0.2) is 12.0 Å². The summed E-state index contributed by atoms with van der Waals surface area (Å²) in [5, 5.41) is 3.21. The number of benzene rings is 3. The van der Waals surface area contributed by atoms with Gasteiger partial charge in [0.2, 0.25) is 0 Å². The van der Waals surface area contributed by atoms with Gasteiger partial charge in [-0.1, -0.05) is 52.3 Å². The van der Waals surface area contributed by atoms with E-state index in [0.29, 0.717) is 0 Å². The first-order valence-corrected chi connectivity index (χ1v) is 11.1. The van der Waals surface area contributed by atoms with Gasteiger partial charge in [-0.05, 0) is 48.6 Å². The quantitative estimate of drug-likeness (QED) is 0.241. The second-order valence-corrected chi connectivity index (χ2v) is 8.75. The van der Waals surface area contributed by atoms with Gasteiger partial charge >= 0.3 is 0 Å². The summed E-state index contributed by atoms with van der Waals surface area (Å²) < 4.78 is 0. The van der Waals surface area contributed by atoms with Gasteiger partial charge in [-0.3, -0.25) is 0 Å². The Bertz CT molecular complexity index is 1070. The molecule has 1 radical (unpaired) electrons. The molecular formula is C25H21IrN2S2-. The third-order valence-electron chi connectivity index (χ3n) is 4.29. The minimum Gasteiger partial charge on any atom is -0.316 e. The average molecular weight is 606 g/mol. The molecule has 0 aliphatic carbocycles. The normalized spacial score (nSPS) is 10.4. The summed E-state index contributed by atoms with van der Waals surface area (Å²) in [5.74, 6) is 0. The van der Waals surface area contributed by atoms with Crippen LogP contribution in [0.15, 0.2) is 111 Å². The van der Waals surface area contributed by atoms with Crippen molar-refractivity contribution in [3.8, 4) is 11.3 Å². The van der Waals surface area contributed by atoms with Crippen LogP contribution in [0.2, 0.25) is 0 Å². The summed E-state index contributed by atoms with van der Waals surface area (Å²) in [4.78, 5) is 9.38. The molecule has 0 atom stereocenters. The van der Waals surface area contributed by atoms with Crippen LogP contribution in [0.3, 0.4) is 0 Å². The summed E-state index contributed by atoms with van der Waals surface area (Å²) >= 11 is 3.51. The summed E-state index contributed by atoms with van der Waals surface area (Å²) in [6.45, 7) is 0.818. The molecule has 4 rings (SSSR count). The van der Waals surface area contributed by atoms with Crippen LogP contribution in [0, 0.1) is 6.07 Å². The molecular weight excluding hydrogens is 585 g/mol. The maximum Gasteiger partial charge on any atom is 0.0195 e. The summed E-state index contributed by atoms with van der Waals surface area (Å²) in [6.07, 6.45) is 1.87. The van der Waals surface area contributed by atoms with Gasteiger partial charge in [-0.25, -0.2) is 0 Å². The first-order valence-electron chi connectivity index (χ1n) is 9.43. The Balaban J connectivity index is 0.00000256. The maximum atomic E-state index is 4.63. The molecule has 0 fully saturated rings. The van der Waals surface area contributed by atoms with Crippen LogP contribution in [0.1, 0.15) is 5.56 Å². The number of hydrogen-bond acceptors (Lipinski definition) is 4. The largest absolute Gasteiger partial charge is 0.316 e. The van der Waals surface area contributed by atoms with E-state index >= 15 is 0 Å². The second kappa shape index (κ2) is 11.5. The SMILES string of the molecule is CNCc1ccnc(-c2[c-]cc(Sc3ccccc3)cc2Sc2ccccc2)c1.[Ir]. The summed E-state index contributed by atoms with van der Waals surface area (Å²) in [6, 6.07) is 32.9. The van der Waals surface area contributed by atoms with Gasteiger partial charge in [-0.2, -0.15) is 0 Å². The van der Waals surface area contributed by atoms with E-state index in [2.05, 4.69) is 83.1 Å². The molecule has 2 nitrogen and oxygen atoms in total. The Kier molecular flexibility index (Phi) is 8.73. The number of nitrogens with zero attached hydrogens (tertiary/aromatic N) is 1. The van der Waals surface area contributed by atoms with Gasteiger partial charge in [0.25, 0.3) is 0 Å². The maximum absolute atomic E-state index is 4.63. The molecule has 153 valence electrons. The Hall–Kier alpha value is -1.88. The van der Waals surface area contributed by atoms with E-state index in [1.54, 1.807) is 23.5 Å². The van der Waals surface area contributed by atoms with E-state index in [1.165, 1.54) is 20.2 Å². The van der Waals surface area contributed by atoms with Crippen LogP contribution < -0.4 is 5.32 Å². The molecule has 30 heavy (non-hydrogen) atoms. The zero-order chi connectivity index (χ0) is 19.9. The Morgan fingerprint density at radius 2 is 1.50 bits per heavy atom. The molecule has 0 saturated heterocycles. The van der Waals surface area contributed by atoms with Gasteiger partial charge in [0, 0.05) is 42.6 Å². The van der Waals surface area contributed by atoms with Gasteiger partial charge in [0.15, 0.2) is 0 Å². The van der Waals surface area contributed by atoms with Gasteiger partial charge in [0.05, 0.1) is 0 Å². The van der Waals surface area contributed by atoms with Crippen LogP contribution in [-0.2, 0) is 26.7 Å². The first kappa shape index (κ1) is 22.8. The fourth-order valence-electron chi connectivity index (χ4n) is 2.96. The molecule has 1 heterocycles. The number of hydrogen-bond donors (Lipinski definition) is 1. The van der Waals surface area contributed by atoms with Crippen molar-refractivity contribution in [2.45, 2.75) is 26.1 Å². The van der Waals surface area contributed by atoms with Crippen LogP contribution in [0.5, 0.6) is 0 Å². The van der Waals surface area contributed by atoms with Crippen molar-refractivity contribution < 1.29 is 20.1 Å². The molecule has 4 aromatic rings. The summed E-state index contributed by atoms with van der Waals surface area (Å²) in [5.41, 5.74) is 3.20. The summed E-state index contributed by atoms with van der Waals surface area (Å²) in [7, 11) is 1.96. The molecule has 0 saturated carbocycles. The topological polar surface area (TPSA) is 24.9 Å². The van der Waals surface area contributed by atoms with Crippen LogP contribution in [0.25, 0.3) is 11.3 Å². The molecule has 1 aromatic heterocycles. The Morgan fingerprint density at radius 3 is 2.17 bits per heavy atom. The molecule has 3 aromatic carbocycles. The van der Waals surface area contributed by atoms with Crippen LogP contribution >= 0.6 is 23.5 Å². The van der Waals surface area contributed by atoms with Crippen molar-refractivity contribution in [3.05, 3.63) is 103 Å². The van der Waals surface area contributed by atoms with Gasteiger partial charge in [0.1, 0.15) is 0 Å². The predicted octanol–water partition coefficient (Wildman–Crippen LogP) is 6.57. The van der Waals surface area contributed by atoms with Crippen molar-refractivity contribution in [2.24, 2.45) is 0 Å². The van der Waals surface area contributed by atoms with Gasteiger partial charge in [-0.15, -0.1) is 47.3 Å². The van der Waals surface area contributed by atoms with Gasteiger partial charge < -0.3 is 10.3 Å². The van der Waals surface area contributed by atoms with E-state index in [1.807, 2.05) is 31.4 Å². The molecule has 0 unspecified atom stereocenters. The van der Waals surface area contributed by atoms with E-state index in [0.717, 1.165) is 22.7 Å². The third-order valence-corrected chi connectivity index (χ3v) is 6.32. The Morgan fingerprint density at radius 1 is 0.833 bits per heavy atom. The van der Waals surface area contributed by atoms with E-state index in [4.69, 9.17) is 0 Å². The molecule has 0 aliphatic rings. The van der Waals surface area contributed by atoms with Crippen LogP contribution in [0.4, 0.5) is 0 Å². The number of aromatic nitrogens is 1. The number of pyridine rings is 1. The monoisotopic (exact) mass is 606 g/mol. The first-order chi connectivity index (χ1) is 14.3.